The smallest absolute Gasteiger partial charge is 0.323 e. The van der Waals surface area contributed by atoms with E-state index >= 15 is 0 Å². The molecule has 0 spiro atoms. The number of nitrogens with zero attached hydrogens (tertiary/aromatic N) is 2. The molecule has 5 saturated carbocycles. The molecule has 5 aliphatic carbocycles. The van der Waals surface area contributed by atoms with E-state index < -0.39 is 11.6 Å². The van der Waals surface area contributed by atoms with Gasteiger partial charge in [0.1, 0.15) is 17.7 Å². The van der Waals surface area contributed by atoms with E-state index in [2.05, 4.69) is 25.2 Å². The van der Waals surface area contributed by atoms with Crippen LogP contribution < -0.4 is 11.1 Å². The number of likely N-dealkylation sites (N-methyl/N-ethyl adjacent to an activating group) is 1. The number of ether oxygens (including phenoxy) is 1. The molecule has 7 heteroatoms. The van der Waals surface area contributed by atoms with Crippen molar-refractivity contribution in [2.75, 3.05) is 7.05 Å². The number of hydrogen-bond donors (Lipinski definition) is 2. The lowest BCUT2D eigenvalue weighted by molar-refractivity contribution is -0.208. The Morgan fingerprint density at radius 3 is 2.50 bits per heavy atom. The highest BCUT2D eigenvalue weighted by Gasteiger charge is 2.64. The first kappa shape index (κ1) is 22.2. The number of piperidine rings is 1. The zero-order chi connectivity index (χ0) is 22.8. The van der Waals surface area contributed by atoms with Crippen LogP contribution in [-0.2, 0) is 14.3 Å². The highest BCUT2D eigenvalue weighted by Crippen LogP contribution is 2.64. The predicted molar refractivity (Wildman–Crippen MR) is 119 cm³/mol. The van der Waals surface area contributed by atoms with Crippen LogP contribution in [0, 0.1) is 40.4 Å². The summed E-state index contributed by atoms with van der Waals surface area (Å²) in [5.41, 5.74) is 5.97. The number of carbonyl (C=O) groups is 2. The van der Waals surface area contributed by atoms with Gasteiger partial charge >= 0.3 is 5.97 Å². The molecule has 176 valence electrons. The van der Waals surface area contributed by atoms with Gasteiger partial charge < -0.3 is 20.7 Å². The number of likely N-dealkylation sites (tertiary alicyclic amines) is 1. The molecule has 0 aromatic heterocycles. The highest BCUT2D eigenvalue weighted by molar-refractivity contribution is 5.84. The van der Waals surface area contributed by atoms with Crippen molar-refractivity contribution in [3.8, 4) is 6.07 Å². The van der Waals surface area contributed by atoms with E-state index in [0.29, 0.717) is 24.2 Å². The van der Waals surface area contributed by atoms with Gasteiger partial charge in [0.2, 0.25) is 5.91 Å². The molecule has 8 atom stereocenters. The fraction of sp³-hybridized carbons (Fsp3) is 0.880. The molecular formula is C25H38N4O3. The third-order valence-corrected chi connectivity index (χ3v) is 9.58. The Bertz CT molecular complexity index is 824. The summed E-state index contributed by atoms with van der Waals surface area (Å²) in [5.74, 6) is 1.39. The molecule has 32 heavy (non-hydrogen) atoms. The van der Waals surface area contributed by atoms with Gasteiger partial charge in [0.15, 0.2) is 0 Å². The van der Waals surface area contributed by atoms with Crippen LogP contribution in [0.15, 0.2) is 0 Å². The third-order valence-electron chi connectivity index (χ3n) is 9.58. The number of nitriles is 1. The summed E-state index contributed by atoms with van der Waals surface area (Å²) < 4.78 is 6.34. The molecule has 8 unspecified atom stereocenters. The fourth-order valence-corrected chi connectivity index (χ4v) is 8.19. The summed E-state index contributed by atoms with van der Waals surface area (Å²) in [6, 6.07) is 1.28. The molecular weight excluding hydrogens is 404 g/mol. The van der Waals surface area contributed by atoms with Gasteiger partial charge in [-0.2, -0.15) is 5.26 Å². The minimum Gasteiger partial charge on any atom is -0.458 e. The zero-order valence-corrected chi connectivity index (χ0v) is 19.7. The Hall–Kier alpha value is -1.65. The van der Waals surface area contributed by atoms with Crippen molar-refractivity contribution in [2.45, 2.75) is 101 Å². The van der Waals surface area contributed by atoms with E-state index in [4.69, 9.17) is 10.5 Å². The molecule has 1 saturated heterocycles. The van der Waals surface area contributed by atoms with Gasteiger partial charge in [-0.3, -0.25) is 9.59 Å². The van der Waals surface area contributed by atoms with Gasteiger partial charge in [-0.05, 0) is 87.5 Å². The summed E-state index contributed by atoms with van der Waals surface area (Å²) in [7, 11) is 1.82. The Kier molecular flexibility index (Phi) is 5.33. The van der Waals surface area contributed by atoms with Gasteiger partial charge in [0.25, 0.3) is 0 Å². The molecule has 4 bridgehead atoms. The second-order valence-corrected chi connectivity index (χ2v) is 11.7. The van der Waals surface area contributed by atoms with E-state index in [1.54, 1.807) is 0 Å². The summed E-state index contributed by atoms with van der Waals surface area (Å²) in [6.45, 7) is 4.16. The first-order valence-corrected chi connectivity index (χ1v) is 12.6. The molecule has 1 aliphatic heterocycles. The van der Waals surface area contributed by atoms with E-state index in [9.17, 15) is 14.9 Å². The quantitative estimate of drug-likeness (QED) is 0.586. The monoisotopic (exact) mass is 442 g/mol. The topological polar surface area (TPSA) is 108 Å². The number of hydrogen-bond acceptors (Lipinski definition) is 6. The molecule has 0 aromatic carbocycles. The number of carbonyl (C=O) groups excluding carboxylic acids is 2. The van der Waals surface area contributed by atoms with Crippen LogP contribution in [0.3, 0.4) is 0 Å². The van der Waals surface area contributed by atoms with Gasteiger partial charge in [0, 0.05) is 6.04 Å². The number of esters is 1. The maximum absolute atomic E-state index is 13.6. The summed E-state index contributed by atoms with van der Waals surface area (Å²) in [5, 5.41) is 12.7. The average molecular weight is 443 g/mol. The SMILES string of the molecule is CCC(C)C(NC)C(=O)OC12CC3CC(C1)CC(C(N)C(=O)N1C(C#N)CC4CC41)(C3)C2. The zero-order valence-electron chi connectivity index (χ0n) is 19.7. The minimum atomic E-state index is -0.615. The Morgan fingerprint density at radius 2 is 1.91 bits per heavy atom. The molecule has 3 N–H and O–H groups in total. The van der Waals surface area contributed by atoms with E-state index in [1.165, 1.54) is 0 Å². The number of fused-ring (bicyclic) bond motifs is 1. The van der Waals surface area contributed by atoms with Gasteiger partial charge in [0.05, 0.1) is 12.1 Å². The Morgan fingerprint density at radius 1 is 1.22 bits per heavy atom. The summed E-state index contributed by atoms with van der Waals surface area (Å²) in [6.07, 6.45) is 8.21. The van der Waals surface area contributed by atoms with Crippen molar-refractivity contribution in [1.29, 1.82) is 5.26 Å². The van der Waals surface area contributed by atoms with Gasteiger partial charge in [-0.15, -0.1) is 0 Å². The van der Waals surface area contributed by atoms with Crippen LogP contribution in [-0.4, -0.2) is 53.6 Å². The number of nitrogens with one attached hydrogen (secondary N) is 1. The summed E-state index contributed by atoms with van der Waals surface area (Å²) >= 11 is 0. The van der Waals surface area contributed by atoms with Crippen LogP contribution in [0.4, 0.5) is 0 Å². The minimum absolute atomic E-state index is 0.0438. The third kappa shape index (κ3) is 3.37. The van der Waals surface area contributed by atoms with Crippen LogP contribution in [0.5, 0.6) is 0 Å². The molecule has 1 heterocycles. The standard InChI is InChI=1S/C25H38N4O3/c1-4-14(2)20(28-3)23(31)32-25-10-15-5-16(11-25)9-24(8-15,13-25)21(27)22(30)29-18(12-26)6-17-7-19(17)29/h14-21,28H,4-11,13,27H2,1-3H3. The van der Waals surface area contributed by atoms with Crippen LogP contribution in [0.2, 0.25) is 0 Å². The highest BCUT2D eigenvalue weighted by atomic mass is 16.6. The van der Waals surface area contributed by atoms with Crippen molar-refractivity contribution in [2.24, 2.45) is 34.8 Å². The molecule has 0 radical (unpaired) electrons. The average Bonchev–Trinajstić information content (AvgIpc) is 3.41. The van der Waals surface area contributed by atoms with Gasteiger partial charge in [-0.25, -0.2) is 0 Å². The van der Waals surface area contributed by atoms with Crippen LogP contribution >= 0.6 is 0 Å². The van der Waals surface area contributed by atoms with E-state index in [0.717, 1.165) is 51.4 Å². The number of nitrogens with two attached hydrogens (primary N) is 1. The second kappa shape index (κ2) is 7.70. The lowest BCUT2D eigenvalue weighted by Gasteiger charge is -2.62. The second-order valence-electron chi connectivity index (χ2n) is 11.7. The molecule has 6 rings (SSSR count). The van der Waals surface area contributed by atoms with Crippen molar-refractivity contribution < 1.29 is 14.3 Å². The van der Waals surface area contributed by atoms with Crippen LogP contribution in [0.1, 0.15) is 71.6 Å². The molecule has 0 aromatic rings. The molecule has 6 aliphatic rings. The number of rotatable bonds is 7. The normalized spacial score (nSPS) is 43.8. The first-order valence-electron chi connectivity index (χ1n) is 12.6. The summed E-state index contributed by atoms with van der Waals surface area (Å²) in [4.78, 5) is 28.6. The van der Waals surface area contributed by atoms with E-state index in [-0.39, 0.29) is 41.3 Å². The first-order chi connectivity index (χ1) is 15.2. The molecule has 7 nitrogen and oxygen atoms in total. The number of amides is 1. The van der Waals surface area contributed by atoms with Crippen molar-refractivity contribution >= 4 is 11.9 Å². The Balaban J connectivity index is 1.37. The predicted octanol–water partition coefficient (Wildman–Crippen LogP) is 2.34. The maximum Gasteiger partial charge on any atom is 0.323 e. The maximum atomic E-state index is 13.6. The largest absolute Gasteiger partial charge is 0.458 e. The van der Waals surface area contributed by atoms with Gasteiger partial charge in [-0.1, -0.05) is 20.3 Å². The van der Waals surface area contributed by atoms with Crippen molar-refractivity contribution in [1.82, 2.24) is 10.2 Å². The fourth-order valence-electron chi connectivity index (χ4n) is 8.19. The Labute approximate surface area is 191 Å². The van der Waals surface area contributed by atoms with Crippen molar-refractivity contribution in [3.63, 3.8) is 0 Å². The lowest BCUT2D eigenvalue weighted by Crippen LogP contribution is -2.66. The van der Waals surface area contributed by atoms with Crippen molar-refractivity contribution in [3.05, 3.63) is 0 Å². The van der Waals surface area contributed by atoms with E-state index in [1.807, 2.05) is 11.9 Å². The molecule has 6 fully saturated rings. The lowest BCUT2D eigenvalue weighted by atomic mass is 9.46. The molecule has 1 amide bonds. The van der Waals surface area contributed by atoms with Crippen LogP contribution in [0.25, 0.3) is 0 Å².